The van der Waals surface area contributed by atoms with Crippen LogP contribution < -0.4 is 9.64 Å². The summed E-state index contributed by atoms with van der Waals surface area (Å²) in [6.45, 7) is 8.44. The molecule has 1 aromatic rings. The molecule has 6 nitrogen and oxygen atoms in total. The van der Waals surface area contributed by atoms with Crippen LogP contribution in [-0.2, 0) is 10.2 Å². The zero-order valence-corrected chi connectivity index (χ0v) is 16.0. The molecule has 0 radical (unpaired) electrons. The summed E-state index contributed by atoms with van der Waals surface area (Å²) in [5, 5.41) is 0. The highest BCUT2D eigenvalue weighted by Crippen LogP contribution is 2.29. The minimum absolute atomic E-state index is 0.447. The van der Waals surface area contributed by atoms with Crippen LogP contribution in [0, 0.1) is 5.92 Å². The lowest BCUT2D eigenvalue weighted by molar-refractivity contribution is 0.254. The van der Waals surface area contributed by atoms with Gasteiger partial charge in [-0.25, -0.2) is 0 Å². The van der Waals surface area contributed by atoms with Crippen molar-refractivity contribution >= 4 is 15.9 Å². The maximum absolute atomic E-state index is 12.9. The van der Waals surface area contributed by atoms with Crippen LogP contribution in [0.3, 0.4) is 0 Å². The number of piperidine rings is 1. The number of piperazine rings is 1. The molecule has 2 heterocycles. The van der Waals surface area contributed by atoms with Crippen LogP contribution in [0.25, 0.3) is 0 Å². The van der Waals surface area contributed by atoms with E-state index < -0.39 is 10.2 Å². The van der Waals surface area contributed by atoms with Crippen LogP contribution in [0.5, 0.6) is 5.75 Å². The quantitative estimate of drug-likeness (QED) is 0.800. The van der Waals surface area contributed by atoms with Crippen molar-refractivity contribution in [2.24, 2.45) is 5.92 Å². The number of hydrogen-bond acceptors (Lipinski definition) is 4. The largest absolute Gasteiger partial charge is 0.492 e. The Hall–Kier alpha value is -1.31. The van der Waals surface area contributed by atoms with Crippen molar-refractivity contribution in [3.63, 3.8) is 0 Å². The van der Waals surface area contributed by atoms with Crippen molar-refractivity contribution in [1.29, 1.82) is 0 Å². The normalized spacial score (nSPS) is 23.6. The zero-order chi connectivity index (χ0) is 17.9. The van der Waals surface area contributed by atoms with Gasteiger partial charge in [0.1, 0.15) is 5.75 Å². The van der Waals surface area contributed by atoms with E-state index in [9.17, 15) is 8.42 Å². The Kier molecular flexibility index (Phi) is 5.86. The van der Waals surface area contributed by atoms with Gasteiger partial charge in [0.2, 0.25) is 0 Å². The van der Waals surface area contributed by atoms with Gasteiger partial charge in [0, 0.05) is 39.3 Å². The molecule has 0 amide bonds. The van der Waals surface area contributed by atoms with E-state index in [1.807, 2.05) is 31.2 Å². The van der Waals surface area contributed by atoms with E-state index in [4.69, 9.17) is 4.74 Å². The van der Waals surface area contributed by atoms with Crippen molar-refractivity contribution in [3.05, 3.63) is 24.3 Å². The first-order chi connectivity index (χ1) is 12.0. The van der Waals surface area contributed by atoms with Crippen LogP contribution in [0.4, 0.5) is 5.69 Å². The summed E-state index contributed by atoms with van der Waals surface area (Å²) in [6.07, 6.45) is 2.08. The molecule has 7 heteroatoms. The zero-order valence-electron chi connectivity index (χ0n) is 15.2. The maximum Gasteiger partial charge on any atom is 0.282 e. The predicted molar refractivity (Wildman–Crippen MR) is 100 cm³/mol. The Morgan fingerprint density at radius 1 is 1.08 bits per heavy atom. The molecule has 0 N–H and O–H groups in total. The highest BCUT2D eigenvalue weighted by molar-refractivity contribution is 7.86. The number of hydrogen-bond donors (Lipinski definition) is 0. The third-order valence-corrected chi connectivity index (χ3v) is 7.02. The predicted octanol–water partition coefficient (Wildman–Crippen LogP) is 2.18. The van der Waals surface area contributed by atoms with E-state index in [1.165, 1.54) is 0 Å². The molecule has 25 heavy (non-hydrogen) atoms. The minimum Gasteiger partial charge on any atom is -0.492 e. The Labute approximate surface area is 151 Å². The molecule has 2 saturated heterocycles. The third-order valence-electron chi connectivity index (χ3n) is 5.02. The van der Waals surface area contributed by atoms with E-state index in [1.54, 1.807) is 8.61 Å². The van der Waals surface area contributed by atoms with Gasteiger partial charge in [-0.1, -0.05) is 19.1 Å². The molecule has 0 aromatic heterocycles. The van der Waals surface area contributed by atoms with Gasteiger partial charge in [-0.3, -0.25) is 0 Å². The molecule has 0 spiro atoms. The Bertz CT molecular complexity index is 672. The van der Waals surface area contributed by atoms with Crippen molar-refractivity contribution in [2.75, 3.05) is 50.8 Å². The van der Waals surface area contributed by atoms with E-state index in [2.05, 4.69) is 11.8 Å². The second-order valence-corrected chi connectivity index (χ2v) is 8.83. The molecule has 0 aliphatic carbocycles. The van der Waals surface area contributed by atoms with Crippen molar-refractivity contribution in [1.82, 2.24) is 8.61 Å². The molecule has 0 saturated carbocycles. The molecular formula is C18H29N3O3S. The minimum atomic E-state index is -3.34. The average Bonchev–Trinajstić information content (AvgIpc) is 2.63. The Balaban J connectivity index is 1.65. The second kappa shape index (κ2) is 7.93. The van der Waals surface area contributed by atoms with E-state index >= 15 is 0 Å². The Morgan fingerprint density at radius 2 is 1.80 bits per heavy atom. The average molecular weight is 368 g/mol. The van der Waals surface area contributed by atoms with Crippen LogP contribution in [-0.4, -0.2) is 62.9 Å². The highest BCUT2D eigenvalue weighted by Gasteiger charge is 2.34. The number of anilines is 1. The lowest BCUT2D eigenvalue weighted by atomic mass is 10.0. The summed E-state index contributed by atoms with van der Waals surface area (Å²) in [6, 6.07) is 7.97. The maximum atomic E-state index is 12.9. The van der Waals surface area contributed by atoms with Crippen molar-refractivity contribution < 1.29 is 13.2 Å². The fourth-order valence-corrected chi connectivity index (χ4v) is 5.43. The fourth-order valence-electron chi connectivity index (χ4n) is 3.67. The van der Waals surface area contributed by atoms with Crippen LogP contribution in [0.1, 0.15) is 26.7 Å². The first-order valence-corrected chi connectivity index (χ1v) is 10.6. The van der Waals surface area contributed by atoms with Crippen LogP contribution in [0.15, 0.2) is 24.3 Å². The smallest absolute Gasteiger partial charge is 0.282 e. The monoisotopic (exact) mass is 367 g/mol. The van der Waals surface area contributed by atoms with Crippen LogP contribution >= 0.6 is 0 Å². The van der Waals surface area contributed by atoms with Gasteiger partial charge >= 0.3 is 0 Å². The number of nitrogens with zero attached hydrogens (tertiary/aromatic N) is 3. The number of benzene rings is 1. The first-order valence-electron chi connectivity index (χ1n) is 9.24. The number of rotatable bonds is 5. The van der Waals surface area contributed by atoms with Gasteiger partial charge in [0.15, 0.2) is 0 Å². The van der Waals surface area contributed by atoms with Crippen molar-refractivity contribution in [3.8, 4) is 5.75 Å². The van der Waals surface area contributed by atoms with Crippen LogP contribution in [0.2, 0.25) is 0 Å². The summed E-state index contributed by atoms with van der Waals surface area (Å²) >= 11 is 0. The molecule has 2 aliphatic rings. The van der Waals surface area contributed by atoms with Gasteiger partial charge in [-0.15, -0.1) is 0 Å². The summed E-state index contributed by atoms with van der Waals surface area (Å²) in [4.78, 5) is 2.22. The van der Waals surface area contributed by atoms with Gasteiger partial charge in [0.05, 0.1) is 12.3 Å². The van der Waals surface area contributed by atoms with E-state index in [0.717, 1.165) is 24.3 Å². The van der Waals surface area contributed by atoms with Gasteiger partial charge in [0.25, 0.3) is 10.2 Å². The summed E-state index contributed by atoms with van der Waals surface area (Å²) in [5.74, 6) is 1.31. The molecule has 140 valence electrons. The van der Waals surface area contributed by atoms with Gasteiger partial charge < -0.3 is 9.64 Å². The summed E-state index contributed by atoms with van der Waals surface area (Å²) in [7, 11) is -3.34. The standard InChI is InChI=1S/C18H29N3O3S/c1-3-24-18-9-5-4-8-17(18)19-11-13-20(14-12-19)25(22,23)21-10-6-7-16(2)15-21/h4-5,8-9,16H,3,6-7,10-15H2,1-2H3/t16-/m1/s1. The lowest BCUT2D eigenvalue weighted by Gasteiger charge is -2.39. The van der Waals surface area contributed by atoms with E-state index in [0.29, 0.717) is 51.8 Å². The lowest BCUT2D eigenvalue weighted by Crippen LogP contribution is -2.54. The topological polar surface area (TPSA) is 53.1 Å². The second-order valence-electron chi connectivity index (χ2n) is 6.90. The Morgan fingerprint density at radius 3 is 2.48 bits per heavy atom. The molecule has 0 bridgehead atoms. The number of para-hydroxylation sites is 2. The summed E-state index contributed by atoms with van der Waals surface area (Å²) in [5.41, 5.74) is 1.05. The summed E-state index contributed by atoms with van der Waals surface area (Å²) < 4.78 is 34.8. The van der Waals surface area contributed by atoms with Gasteiger partial charge in [-0.2, -0.15) is 17.0 Å². The SMILES string of the molecule is CCOc1ccccc1N1CCN(S(=O)(=O)N2CCC[C@@H](C)C2)CC1. The molecule has 2 aliphatic heterocycles. The molecule has 0 unspecified atom stereocenters. The molecule has 2 fully saturated rings. The molecular weight excluding hydrogens is 338 g/mol. The van der Waals surface area contributed by atoms with E-state index in [-0.39, 0.29) is 0 Å². The van der Waals surface area contributed by atoms with Gasteiger partial charge in [-0.05, 0) is 37.8 Å². The molecule has 3 rings (SSSR count). The highest BCUT2D eigenvalue weighted by atomic mass is 32.2. The van der Waals surface area contributed by atoms with Crippen molar-refractivity contribution in [2.45, 2.75) is 26.7 Å². The third kappa shape index (κ3) is 4.10. The fraction of sp³-hybridized carbons (Fsp3) is 0.667. The molecule has 1 atom stereocenters. The number of ether oxygens (including phenoxy) is 1. The molecule has 1 aromatic carbocycles. The first kappa shape index (κ1) is 18.5.